The van der Waals surface area contributed by atoms with Crippen LogP contribution >= 0.6 is 0 Å². The zero-order chi connectivity index (χ0) is 47.3. The van der Waals surface area contributed by atoms with Crippen molar-refractivity contribution >= 4 is 23.8 Å². The van der Waals surface area contributed by atoms with Gasteiger partial charge in [0.2, 0.25) is 11.8 Å². The standard InChI is InChI=1S/C48H96N4O2.2C2H4O2/c1-9-11-13-15-17-22-28-36-46(38-30-24-20-26-32-40-48(54)50-42-34-44-52(6,7)8)45(35-27-21-16-14-12-10-2)37-29-23-18-19-25-31-39-47(53)49-41-33-43-51(3,4)5;2*1-2(3)4/h17,22,45-46H,9-16,18-21,23-44H2,1-8H3;2*1H3,(H,3,4)/p+2/b22-17-;;. The molecule has 10 heteroatoms. The van der Waals surface area contributed by atoms with Gasteiger partial charge in [0, 0.05) is 52.6 Å². The highest BCUT2D eigenvalue weighted by Crippen LogP contribution is 2.33. The molecule has 2 unspecified atom stereocenters. The molecule has 0 aromatic heterocycles. The molecular formula is C52H106N4O6+2. The lowest BCUT2D eigenvalue weighted by Crippen LogP contribution is -2.37. The normalized spacial score (nSPS) is 12.5. The molecule has 2 amide bonds. The number of carboxylic acid groups (broad SMARTS) is 2. The molecule has 0 aliphatic heterocycles. The first-order valence-corrected chi connectivity index (χ1v) is 25.5. The molecule has 2 atom stereocenters. The molecule has 368 valence electrons. The number of carbonyl (C=O) groups is 4. The molecule has 4 N–H and O–H groups in total. The Labute approximate surface area is 384 Å². The van der Waals surface area contributed by atoms with Crippen LogP contribution in [0.3, 0.4) is 0 Å². The lowest BCUT2D eigenvalue weighted by molar-refractivity contribution is -0.870. The molecule has 0 aliphatic rings. The minimum Gasteiger partial charge on any atom is -0.481 e. The van der Waals surface area contributed by atoms with Crippen LogP contribution in [-0.2, 0) is 19.2 Å². The Morgan fingerprint density at radius 2 is 0.742 bits per heavy atom. The van der Waals surface area contributed by atoms with E-state index in [-0.39, 0.29) is 11.8 Å². The van der Waals surface area contributed by atoms with Gasteiger partial charge in [-0.3, -0.25) is 19.2 Å². The van der Waals surface area contributed by atoms with Gasteiger partial charge in [0.25, 0.3) is 11.9 Å². The molecule has 0 aromatic carbocycles. The average molecular weight is 883 g/mol. The predicted octanol–water partition coefficient (Wildman–Crippen LogP) is 12.3. The van der Waals surface area contributed by atoms with Gasteiger partial charge in [-0.05, 0) is 50.4 Å². The first-order valence-electron chi connectivity index (χ1n) is 25.5. The summed E-state index contributed by atoms with van der Waals surface area (Å²) in [5, 5.41) is 21.1. The van der Waals surface area contributed by atoms with Crippen LogP contribution < -0.4 is 10.6 Å². The number of hydrogen-bond donors (Lipinski definition) is 4. The van der Waals surface area contributed by atoms with Gasteiger partial charge in [-0.25, -0.2) is 0 Å². The number of aliphatic carboxylic acids is 2. The first kappa shape index (κ1) is 63.8. The lowest BCUT2D eigenvalue weighted by atomic mass is 9.78. The summed E-state index contributed by atoms with van der Waals surface area (Å²) in [6, 6.07) is 0. The number of carboxylic acids is 2. The van der Waals surface area contributed by atoms with Crippen LogP contribution in [0, 0.1) is 11.8 Å². The highest BCUT2D eigenvalue weighted by molar-refractivity contribution is 5.76. The number of amides is 2. The molecule has 0 spiro atoms. The number of nitrogens with zero attached hydrogens (tertiary/aromatic N) is 2. The van der Waals surface area contributed by atoms with Gasteiger partial charge in [0.1, 0.15) is 0 Å². The third-order valence-electron chi connectivity index (χ3n) is 11.3. The van der Waals surface area contributed by atoms with E-state index in [1.165, 1.54) is 154 Å². The highest BCUT2D eigenvalue weighted by atomic mass is 16.4. The van der Waals surface area contributed by atoms with Crippen LogP contribution in [0.25, 0.3) is 0 Å². The number of unbranched alkanes of at least 4 members (excludes halogenated alkanes) is 17. The summed E-state index contributed by atoms with van der Waals surface area (Å²) >= 11 is 0. The van der Waals surface area contributed by atoms with E-state index >= 15 is 0 Å². The number of hydrogen-bond acceptors (Lipinski definition) is 4. The molecule has 0 aliphatic carbocycles. The van der Waals surface area contributed by atoms with Crippen LogP contribution in [-0.4, -0.2) is 111 Å². The van der Waals surface area contributed by atoms with Gasteiger partial charge in [0.15, 0.2) is 0 Å². The topological polar surface area (TPSA) is 133 Å². The van der Waals surface area contributed by atoms with Crippen molar-refractivity contribution in [3.05, 3.63) is 12.2 Å². The Hall–Kier alpha value is -2.46. The molecule has 0 rings (SSSR count). The Balaban J connectivity index is -0.00000397. The molecule has 0 aromatic rings. The summed E-state index contributed by atoms with van der Waals surface area (Å²) in [4.78, 5) is 42.6. The van der Waals surface area contributed by atoms with Crippen molar-refractivity contribution in [2.75, 3.05) is 68.5 Å². The Morgan fingerprint density at radius 3 is 1.11 bits per heavy atom. The number of rotatable bonds is 40. The van der Waals surface area contributed by atoms with E-state index in [0.717, 1.165) is 86.5 Å². The summed E-state index contributed by atoms with van der Waals surface area (Å²) < 4.78 is 1.90. The van der Waals surface area contributed by atoms with Crippen molar-refractivity contribution in [1.82, 2.24) is 10.6 Å². The van der Waals surface area contributed by atoms with E-state index in [1.54, 1.807) is 0 Å². The molecule has 62 heavy (non-hydrogen) atoms. The quantitative estimate of drug-likeness (QED) is 0.0275. The Kier molecular flexibility index (Phi) is 46.5. The SMILES string of the molecule is CC(=O)O.CC(=O)O.CCCCC/C=C\CCC(CCCCCCCC(=O)NCCC[N+](C)(C)C)C(CCCCCCCC)CCCCCCCCC(=O)NCCC[N+](C)(C)C. The lowest BCUT2D eigenvalue weighted by Gasteiger charge is -2.28. The molecule has 0 saturated carbocycles. The van der Waals surface area contributed by atoms with Gasteiger partial charge in [-0.15, -0.1) is 0 Å². The van der Waals surface area contributed by atoms with E-state index < -0.39 is 11.9 Å². The van der Waals surface area contributed by atoms with Crippen molar-refractivity contribution in [3.8, 4) is 0 Å². The summed E-state index contributed by atoms with van der Waals surface area (Å²) in [6.07, 6.45) is 42.5. The van der Waals surface area contributed by atoms with E-state index in [0.29, 0.717) is 12.8 Å². The Morgan fingerprint density at radius 1 is 0.435 bits per heavy atom. The third-order valence-corrected chi connectivity index (χ3v) is 11.3. The second-order valence-electron chi connectivity index (χ2n) is 20.1. The first-order chi connectivity index (χ1) is 29.3. The van der Waals surface area contributed by atoms with Crippen LogP contribution in [0.1, 0.15) is 220 Å². The van der Waals surface area contributed by atoms with Gasteiger partial charge in [-0.2, -0.15) is 0 Å². The third kappa shape index (κ3) is 59.6. The van der Waals surface area contributed by atoms with Crippen LogP contribution in [0.2, 0.25) is 0 Å². The minimum atomic E-state index is -0.833. The number of nitrogens with one attached hydrogen (secondary N) is 2. The van der Waals surface area contributed by atoms with Gasteiger partial charge >= 0.3 is 0 Å². The van der Waals surface area contributed by atoms with Gasteiger partial charge < -0.3 is 29.8 Å². The molecule has 10 nitrogen and oxygen atoms in total. The highest BCUT2D eigenvalue weighted by Gasteiger charge is 2.20. The fourth-order valence-electron chi connectivity index (χ4n) is 7.84. The van der Waals surface area contributed by atoms with Crippen molar-refractivity contribution in [3.63, 3.8) is 0 Å². The monoisotopic (exact) mass is 883 g/mol. The molecule has 0 fully saturated rings. The molecule has 0 saturated heterocycles. The fraction of sp³-hybridized carbons (Fsp3) is 0.885. The maximum atomic E-state index is 12.3. The summed E-state index contributed by atoms with van der Waals surface area (Å²) in [6.45, 7) is 10.6. The van der Waals surface area contributed by atoms with Crippen molar-refractivity contribution < 1.29 is 38.4 Å². The van der Waals surface area contributed by atoms with Gasteiger partial charge in [0.05, 0.1) is 55.4 Å². The minimum absolute atomic E-state index is 0.236. The van der Waals surface area contributed by atoms with Crippen molar-refractivity contribution in [1.29, 1.82) is 0 Å². The molecule has 0 bridgehead atoms. The van der Waals surface area contributed by atoms with E-state index in [1.807, 2.05) is 0 Å². The zero-order valence-electron chi connectivity index (χ0n) is 42.8. The predicted molar refractivity (Wildman–Crippen MR) is 264 cm³/mol. The summed E-state index contributed by atoms with van der Waals surface area (Å²) in [5.41, 5.74) is 0. The summed E-state index contributed by atoms with van der Waals surface area (Å²) in [7, 11) is 13.2. The zero-order valence-corrected chi connectivity index (χ0v) is 42.8. The number of carbonyl (C=O) groups excluding carboxylic acids is 2. The maximum Gasteiger partial charge on any atom is 0.300 e. The van der Waals surface area contributed by atoms with E-state index in [2.05, 4.69) is 78.9 Å². The van der Waals surface area contributed by atoms with Crippen molar-refractivity contribution in [2.24, 2.45) is 11.8 Å². The van der Waals surface area contributed by atoms with Crippen molar-refractivity contribution in [2.45, 2.75) is 220 Å². The maximum absolute atomic E-state index is 12.3. The second kappa shape index (κ2) is 45.1. The van der Waals surface area contributed by atoms with Gasteiger partial charge in [-0.1, -0.05) is 154 Å². The number of allylic oxidation sites excluding steroid dienone is 2. The van der Waals surface area contributed by atoms with E-state index in [4.69, 9.17) is 19.8 Å². The average Bonchev–Trinajstić information content (AvgIpc) is 3.17. The molecule has 0 heterocycles. The second-order valence-corrected chi connectivity index (χ2v) is 20.1. The Bertz CT molecular complexity index is 1050. The smallest absolute Gasteiger partial charge is 0.300 e. The number of quaternary nitrogens is 2. The van der Waals surface area contributed by atoms with E-state index in [9.17, 15) is 9.59 Å². The van der Waals surface area contributed by atoms with Crippen LogP contribution in [0.5, 0.6) is 0 Å². The fourth-order valence-corrected chi connectivity index (χ4v) is 7.84. The van der Waals surface area contributed by atoms with Crippen LogP contribution in [0.15, 0.2) is 12.2 Å². The largest absolute Gasteiger partial charge is 0.481 e. The molecular weight excluding hydrogens is 777 g/mol. The summed E-state index contributed by atoms with van der Waals surface area (Å²) in [5.74, 6) is 0.520. The van der Waals surface area contributed by atoms with Crippen LogP contribution in [0.4, 0.5) is 0 Å². The molecule has 0 radical (unpaired) electrons.